The van der Waals surface area contributed by atoms with E-state index in [0.29, 0.717) is 5.92 Å². The van der Waals surface area contributed by atoms with Gasteiger partial charge < -0.3 is 5.32 Å². The van der Waals surface area contributed by atoms with E-state index in [1.807, 2.05) is 42.5 Å². The van der Waals surface area contributed by atoms with E-state index in [9.17, 15) is 4.79 Å². The zero-order chi connectivity index (χ0) is 18.8. The number of carbonyl (C=O) groups is 1. The second-order valence-corrected chi connectivity index (χ2v) is 8.01. The van der Waals surface area contributed by atoms with Gasteiger partial charge in [0.05, 0.1) is 4.88 Å². The van der Waals surface area contributed by atoms with E-state index in [1.54, 1.807) is 0 Å². The number of rotatable bonds is 4. The van der Waals surface area contributed by atoms with Crippen molar-refractivity contribution in [2.75, 3.05) is 5.32 Å². The highest BCUT2D eigenvalue weighted by atomic mass is 32.1. The average molecular weight is 372 g/mol. The molecule has 0 bridgehead atoms. The minimum absolute atomic E-state index is 0.0554. The lowest BCUT2D eigenvalue weighted by Crippen LogP contribution is -2.12. The fraction of sp³-hybridized carbons (Fsp3) is 0.125. The van der Waals surface area contributed by atoms with Crippen LogP contribution in [0.1, 0.15) is 35.0 Å². The van der Waals surface area contributed by atoms with Gasteiger partial charge in [-0.25, -0.2) is 0 Å². The molecule has 2 nitrogen and oxygen atoms in total. The topological polar surface area (TPSA) is 29.1 Å². The Morgan fingerprint density at radius 2 is 1.59 bits per heavy atom. The molecule has 0 radical (unpaired) electrons. The molecular weight excluding hydrogens is 350 g/mol. The van der Waals surface area contributed by atoms with Crippen LogP contribution in [0.15, 0.2) is 78.9 Å². The first-order valence-corrected chi connectivity index (χ1v) is 9.93. The van der Waals surface area contributed by atoms with Crippen LogP contribution in [0.4, 0.5) is 5.69 Å². The fourth-order valence-corrected chi connectivity index (χ4v) is 4.15. The molecule has 134 valence electrons. The number of hydrogen-bond donors (Lipinski definition) is 1. The maximum absolute atomic E-state index is 12.7. The third-order valence-electron chi connectivity index (χ3n) is 4.69. The highest BCUT2D eigenvalue weighted by Crippen LogP contribution is 2.31. The monoisotopic (exact) mass is 371 g/mol. The summed E-state index contributed by atoms with van der Waals surface area (Å²) in [5.41, 5.74) is 3.18. The average Bonchev–Trinajstić information content (AvgIpc) is 3.18. The summed E-state index contributed by atoms with van der Waals surface area (Å²) in [7, 11) is 0. The molecule has 0 saturated heterocycles. The van der Waals surface area contributed by atoms with Crippen molar-refractivity contribution in [3.05, 3.63) is 89.3 Å². The SMILES string of the molecule is CC(C)c1ccccc1NC(=O)c1ccc(-c2ccc3ccccc3c2)s1. The summed E-state index contributed by atoms with van der Waals surface area (Å²) < 4.78 is 0. The molecule has 3 aromatic carbocycles. The molecule has 0 aliphatic carbocycles. The largest absolute Gasteiger partial charge is 0.321 e. The molecule has 3 heteroatoms. The summed E-state index contributed by atoms with van der Waals surface area (Å²) in [5.74, 6) is 0.304. The van der Waals surface area contributed by atoms with Crippen LogP contribution < -0.4 is 5.32 Å². The third kappa shape index (κ3) is 3.64. The van der Waals surface area contributed by atoms with Crippen molar-refractivity contribution in [2.24, 2.45) is 0 Å². The van der Waals surface area contributed by atoms with Crippen molar-refractivity contribution in [3.63, 3.8) is 0 Å². The molecule has 4 rings (SSSR count). The van der Waals surface area contributed by atoms with Crippen molar-refractivity contribution >= 4 is 33.7 Å². The van der Waals surface area contributed by atoms with E-state index in [1.165, 1.54) is 22.1 Å². The Bertz CT molecular complexity index is 1110. The van der Waals surface area contributed by atoms with E-state index in [2.05, 4.69) is 55.6 Å². The molecule has 0 atom stereocenters. The molecule has 0 fully saturated rings. The molecule has 27 heavy (non-hydrogen) atoms. The smallest absolute Gasteiger partial charge is 0.265 e. The van der Waals surface area contributed by atoms with Gasteiger partial charge in [0.15, 0.2) is 0 Å². The van der Waals surface area contributed by atoms with Gasteiger partial charge in [0.2, 0.25) is 0 Å². The second-order valence-electron chi connectivity index (χ2n) is 6.92. The number of carbonyl (C=O) groups excluding carboxylic acids is 1. The Morgan fingerprint density at radius 3 is 2.41 bits per heavy atom. The Hall–Kier alpha value is -2.91. The first-order chi connectivity index (χ1) is 13.1. The highest BCUT2D eigenvalue weighted by Gasteiger charge is 2.13. The molecule has 1 N–H and O–H groups in total. The number of benzene rings is 3. The summed E-state index contributed by atoms with van der Waals surface area (Å²) in [5, 5.41) is 5.51. The Morgan fingerprint density at radius 1 is 0.852 bits per heavy atom. The van der Waals surface area contributed by atoms with Gasteiger partial charge in [-0.2, -0.15) is 0 Å². The lowest BCUT2D eigenvalue weighted by molar-refractivity contribution is 0.103. The molecule has 0 spiro atoms. The number of thiophene rings is 1. The van der Waals surface area contributed by atoms with Crippen LogP contribution in [0.25, 0.3) is 21.2 Å². The zero-order valence-electron chi connectivity index (χ0n) is 15.4. The van der Waals surface area contributed by atoms with Crippen LogP contribution >= 0.6 is 11.3 Å². The van der Waals surface area contributed by atoms with Gasteiger partial charge in [-0.05, 0) is 52.1 Å². The van der Waals surface area contributed by atoms with Crippen molar-refractivity contribution in [1.82, 2.24) is 0 Å². The molecule has 1 amide bonds. The lowest BCUT2D eigenvalue weighted by Gasteiger charge is -2.13. The summed E-state index contributed by atoms with van der Waals surface area (Å²) >= 11 is 1.52. The molecule has 1 heterocycles. The molecule has 0 saturated carbocycles. The van der Waals surface area contributed by atoms with Gasteiger partial charge in [0.1, 0.15) is 0 Å². The van der Waals surface area contributed by atoms with Crippen LogP contribution in [0.5, 0.6) is 0 Å². The number of para-hydroxylation sites is 1. The summed E-state index contributed by atoms with van der Waals surface area (Å²) in [6.45, 7) is 4.27. The predicted molar refractivity (Wildman–Crippen MR) is 116 cm³/mol. The van der Waals surface area contributed by atoms with Gasteiger partial charge in [-0.3, -0.25) is 4.79 Å². The van der Waals surface area contributed by atoms with Crippen molar-refractivity contribution in [1.29, 1.82) is 0 Å². The first kappa shape index (κ1) is 17.5. The van der Waals surface area contributed by atoms with Crippen LogP contribution in [-0.2, 0) is 0 Å². The summed E-state index contributed by atoms with van der Waals surface area (Å²) in [6, 6.07) is 26.7. The van der Waals surface area contributed by atoms with Crippen molar-refractivity contribution in [3.8, 4) is 10.4 Å². The highest BCUT2D eigenvalue weighted by molar-refractivity contribution is 7.17. The molecule has 4 aromatic rings. The van der Waals surface area contributed by atoms with E-state index < -0.39 is 0 Å². The van der Waals surface area contributed by atoms with E-state index >= 15 is 0 Å². The number of fused-ring (bicyclic) bond motifs is 1. The van der Waals surface area contributed by atoms with Crippen LogP contribution in [-0.4, -0.2) is 5.91 Å². The van der Waals surface area contributed by atoms with Crippen LogP contribution in [0.2, 0.25) is 0 Å². The van der Waals surface area contributed by atoms with Crippen molar-refractivity contribution < 1.29 is 4.79 Å². The minimum atomic E-state index is -0.0554. The van der Waals surface area contributed by atoms with Crippen molar-refractivity contribution in [2.45, 2.75) is 19.8 Å². The Balaban J connectivity index is 1.59. The lowest BCUT2D eigenvalue weighted by atomic mass is 10.0. The quantitative estimate of drug-likeness (QED) is 0.413. The zero-order valence-corrected chi connectivity index (χ0v) is 16.2. The van der Waals surface area contributed by atoms with Crippen LogP contribution in [0, 0.1) is 0 Å². The van der Waals surface area contributed by atoms with Gasteiger partial charge in [0.25, 0.3) is 5.91 Å². The minimum Gasteiger partial charge on any atom is -0.321 e. The third-order valence-corrected chi connectivity index (χ3v) is 5.83. The predicted octanol–water partition coefficient (Wildman–Crippen LogP) is 6.94. The van der Waals surface area contributed by atoms with Gasteiger partial charge in [-0.1, -0.05) is 68.4 Å². The fourth-order valence-electron chi connectivity index (χ4n) is 3.26. The molecule has 0 aliphatic heterocycles. The number of anilines is 1. The number of hydrogen-bond acceptors (Lipinski definition) is 2. The maximum Gasteiger partial charge on any atom is 0.265 e. The molecule has 0 aliphatic rings. The number of nitrogens with one attached hydrogen (secondary N) is 1. The molecule has 0 unspecified atom stereocenters. The maximum atomic E-state index is 12.7. The summed E-state index contributed by atoms with van der Waals surface area (Å²) in [4.78, 5) is 14.6. The second kappa shape index (κ2) is 7.37. The first-order valence-electron chi connectivity index (χ1n) is 9.11. The van der Waals surface area contributed by atoms with Crippen LogP contribution in [0.3, 0.4) is 0 Å². The summed E-state index contributed by atoms with van der Waals surface area (Å²) in [6.07, 6.45) is 0. The Labute approximate surface area is 163 Å². The van der Waals surface area contributed by atoms with Gasteiger partial charge >= 0.3 is 0 Å². The van der Waals surface area contributed by atoms with Gasteiger partial charge in [-0.15, -0.1) is 11.3 Å². The van der Waals surface area contributed by atoms with Gasteiger partial charge in [0, 0.05) is 10.6 Å². The number of amides is 1. The Kier molecular flexibility index (Phi) is 4.78. The molecular formula is C24H21NOS. The van der Waals surface area contributed by atoms with E-state index in [4.69, 9.17) is 0 Å². The van der Waals surface area contributed by atoms with E-state index in [-0.39, 0.29) is 5.91 Å². The van der Waals surface area contributed by atoms with E-state index in [0.717, 1.165) is 26.6 Å². The normalized spacial score (nSPS) is 11.1. The molecule has 1 aromatic heterocycles. The standard InChI is InChI=1S/C24H21NOS/c1-16(2)20-9-5-6-10-21(20)25-24(26)23-14-13-22(27-23)19-12-11-17-7-3-4-8-18(17)15-19/h3-16H,1-2H3,(H,25,26).